The van der Waals surface area contributed by atoms with E-state index in [0.29, 0.717) is 10.5 Å². The highest BCUT2D eigenvalue weighted by Gasteiger charge is 2.14. The number of carbonyl (C=O) groups is 1. The van der Waals surface area contributed by atoms with Gasteiger partial charge in [0, 0.05) is 15.9 Å². The minimum Gasteiger partial charge on any atom is -0.481 e. The molecule has 2 rings (SSSR count). The van der Waals surface area contributed by atoms with Crippen LogP contribution < -0.4 is 0 Å². The van der Waals surface area contributed by atoms with Crippen LogP contribution in [0.15, 0.2) is 52.3 Å². The van der Waals surface area contributed by atoms with Crippen LogP contribution in [0.25, 0.3) is 0 Å². The van der Waals surface area contributed by atoms with Crippen molar-refractivity contribution in [1.82, 2.24) is 0 Å². The maximum Gasteiger partial charge on any atom is 0.307 e. The minimum absolute atomic E-state index is 0.0196. The molecular weight excluding hydrogens is 304 g/mol. The van der Waals surface area contributed by atoms with Gasteiger partial charge in [-0.1, -0.05) is 23.9 Å². The molecule has 0 aliphatic rings. The Morgan fingerprint density at radius 1 is 1.23 bits per heavy atom. The lowest BCUT2D eigenvalue weighted by atomic mass is 10.2. The third kappa shape index (κ3) is 3.84. The average molecular weight is 314 g/mol. The number of nitriles is 1. The summed E-state index contributed by atoms with van der Waals surface area (Å²) in [6, 6.07) is 13.1. The van der Waals surface area contributed by atoms with Gasteiger partial charge >= 0.3 is 5.97 Å². The molecular formula is C15H10N2O4S. The first-order valence-electron chi connectivity index (χ1n) is 6.16. The van der Waals surface area contributed by atoms with Crippen molar-refractivity contribution >= 4 is 23.4 Å². The Morgan fingerprint density at radius 3 is 2.41 bits per heavy atom. The van der Waals surface area contributed by atoms with Crippen molar-refractivity contribution in [2.45, 2.75) is 16.2 Å². The summed E-state index contributed by atoms with van der Waals surface area (Å²) in [5.74, 6) is -0.900. The number of aliphatic carboxylic acids is 1. The first-order valence-corrected chi connectivity index (χ1v) is 6.98. The molecule has 110 valence electrons. The number of carboxylic acid groups (broad SMARTS) is 1. The maximum atomic E-state index is 10.9. The normalized spacial score (nSPS) is 9.95. The molecule has 0 saturated heterocycles. The molecule has 6 nitrogen and oxygen atoms in total. The smallest absolute Gasteiger partial charge is 0.307 e. The predicted octanol–water partition coefficient (Wildman–Crippen LogP) is 3.24. The lowest BCUT2D eigenvalue weighted by Crippen LogP contribution is -1.99. The van der Waals surface area contributed by atoms with Gasteiger partial charge in [0.15, 0.2) is 0 Å². The fourth-order valence-corrected chi connectivity index (χ4v) is 2.66. The fraction of sp³-hybridized carbons (Fsp3) is 0.0667. The molecule has 7 heteroatoms. The lowest BCUT2D eigenvalue weighted by Gasteiger charge is -2.04. The van der Waals surface area contributed by atoms with Crippen LogP contribution in [0.2, 0.25) is 0 Å². The predicted molar refractivity (Wildman–Crippen MR) is 79.7 cm³/mol. The van der Waals surface area contributed by atoms with E-state index >= 15 is 0 Å². The van der Waals surface area contributed by atoms with Crippen LogP contribution in [0.5, 0.6) is 0 Å². The van der Waals surface area contributed by atoms with Crippen LogP contribution in [0.1, 0.15) is 11.1 Å². The van der Waals surface area contributed by atoms with Crippen LogP contribution in [0.3, 0.4) is 0 Å². The van der Waals surface area contributed by atoms with Gasteiger partial charge in [-0.15, -0.1) is 0 Å². The number of nitro benzene ring substituents is 1. The quantitative estimate of drug-likeness (QED) is 0.671. The molecule has 0 aromatic heterocycles. The molecule has 0 bridgehead atoms. The highest BCUT2D eigenvalue weighted by molar-refractivity contribution is 7.99. The Hall–Kier alpha value is -2.85. The fourth-order valence-electron chi connectivity index (χ4n) is 1.81. The van der Waals surface area contributed by atoms with E-state index in [1.807, 2.05) is 0 Å². The van der Waals surface area contributed by atoms with Gasteiger partial charge in [-0.25, -0.2) is 0 Å². The second kappa shape index (κ2) is 6.74. The summed E-state index contributed by atoms with van der Waals surface area (Å²) in [7, 11) is 0. The zero-order valence-corrected chi connectivity index (χ0v) is 12.0. The minimum atomic E-state index is -0.900. The van der Waals surface area contributed by atoms with Crippen LogP contribution in [0, 0.1) is 21.4 Å². The van der Waals surface area contributed by atoms with E-state index in [4.69, 9.17) is 10.4 Å². The van der Waals surface area contributed by atoms with Crippen LogP contribution in [0.4, 0.5) is 5.69 Å². The number of rotatable bonds is 5. The average Bonchev–Trinajstić information content (AvgIpc) is 2.48. The molecule has 1 N–H and O–H groups in total. The summed E-state index contributed by atoms with van der Waals surface area (Å²) < 4.78 is 0. The van der Waals surface area contributed by atoms with Crippen molar-refractivity contribution in [2.75, 3.05) is 0 Å². The highest BCUT2D eigenvalue weighted by Crippen LogP contribution is 2.31. The van der Waals surface area contributed by atoms with Gasteiger partial charge in [-0.05, 0) is 29.8 Å². The van der Waals surface area contributed by atoms with Crippen molar-refractivity contribution in [3.8, 4) is 6.07 Å². The van der Waals surface area contributed by atoms with Crippen molar-refractivity contribution < 1.29 is 14.8 Å². The molecule has 0 radical (unpaired) electrons. The van der Waals surface area contributed by atoms with Gasteiger partial charge in [0.05, 0.1) is 11.3 Å². The summed E-state index contributed by atoms with van der Waals surface area (Å²) in [6.45, 7) is 0. The van der Waals surface area contributed by atoms with Gasteiger partial charge in [-0.3, -0.25) is 14.9 Å². The Morgan fingerprint density at radius 2 is 1.86 bits per heavy atom. The van der Waals surface area contributed by atoms with Gasteiger partial charge < -0.3 is 5.11 Å². The Balaban J connectivity index is 2.20. The zero-order chi connectivity index (χ0) is 16.1. The summed E-state index contributed by atoms with van der Waals surface area (Å²) >= 11 is 1.30. The van der Waals surface area contributed by atoms with Crippen molar-refractivity contribution in [2.24, 2.45) is 0 Å². The largest absolute Gasteiger partial charge is 0.481 e. The summed E-state index contributed by atoms with van der Waals surface area (Å²) in [4.78, 5) is 22.4. The molecule has 2 aromatic carbocycles. The monoisotopic (exact) mass is 314 g/mol. The molecule has 0 heterocycles. The molecule has 0 atom stereocenters. The molecule has 22 heavy (non-hydrogen) atoms. The third-order valence-corrected chi connectivity index (χ3v) is 3.80. The highest BCUT2D eigenvalue weighted by atomic mass is 32.2. The Bertz CT molecular complexity index is 766. The number of hydrogen-bond acceptors (Lipinski definition) is 5. The van der Waals surface area contributed by atoms with Crippen molar-refractivity contribution in [3.63, 3.8) is 0 Å². The summed E-state index contributed by atoms with van der Waals surface area (Å²) in [5, 5.41) is 28.5. The summed E-state index contributed by atoms with van der Waals surface area (Å²) in [6.07, 6.45) is -0.0483. The van der Waals surface area contributed by atoms with E-state index < -0.39 is 10.9 Å². The molecule has 0 amide bonds. The van der Waals surface area contributed by atoms with E-state index in [0.717, 1.165) is 4.90 Å². The number of nitro groups is 1. The molecule has 0 aliphatic heterocycles. The van der Waals surface area contributed by atoms with Crippen LogP contribution in [-0.4, -0.2) is 16.0 Å². The standard InChI is InChI=1S/C15H10N2O4S/c16-9-11-3-6-13(8-14(11)17(20)21)22-12-4-1-10(2-5-12)7-15(18)19/h1-6,8H,7H2,(H,18,19). The van der Waals surface area contributed by atoms with E-state index in [2.05, 4.69) is 0 Å². The Kier molecular flexibility index (Phi) is 4.76. The van der Waals surface area contributed by atoms with Gasteiger partial charge in [-0.2, -0.15) is 5.26 Å². The van der Waals surface area contributed by atoms with Crippen molar-refractivity contribution in [1.29, 1.82) is 5.26 Å². The van der Waals surface area contributed by atoms with Gasteiger partial charge in [0.2, 0.25) is 0 Å². The maximum absolute atomic E-state index is 10.9. The van der Waals surface area contributed by atoms with Crippen LogP contribution in [-0.2, 0) is 11.2 Å². The second-order valence-corrected chi connectivity index (χ2v) is 5.51. The molecule has 0 aliphatic carbocycles. The molecule has 0 spiro atoms. The number of benzene rings is 2. The summed E-state index contributed by atoms with van der Waals surface area (Å²) in [5.41, 5.74) is 0.476. The van der Waals surface area contributed by atoms with E-state index in [1.165, 1.54) is 23.9 Å². The molecule has 0 saturated carbocycles. The molecule has 2 aromatic rings. The second-order valence-electron chi connectivity index (χ2n) is 4.36. The first-order chi connectivity index (χ1) is 10.5. The number of hydrogen-bond donors (Lipinski definition) is 1. The molecule has 0 unspecified atom stereocenters. The number of nitrogens with zero attached hydrogens (tertiary/aromatic N) is 2. The van der Waals surface area contributed by atoms with Crippen LogP contribution >= 0.6 is 11.8 Å². The topological polar surface area (TPSA) is 104 Å². The third-order valence-electron chi connectivity index (χ3n) is 2.80. The Labute approximate surface area is 130 Å². The SMILES string of the molecule is N#Cc1ccc(Sc2ccc(CC(=O)O)cc2)cc1[N+](=O)[O-]. The van der Waals surface area contributed by atoms with Gasteiger partial charge in [0.25, 0.3) is 5.69 Å². The van der Waals surface area contributed by atoms with Crippen molar-refractivity contribution in [3.05, 3.63) is 63.7 Å². The first kappa shape index (κ1) is 15.5. The number of carboxylic acids is 1. The lowest BCUT2D eigenvalue weighted by molar-refractivity contribution is -0.385. The van der Waals surface area contributed by atoms with E-state index in [-0.39, 0.29) is 17.7 Å². The van der Waals surface area contributed by atoms with E-state index in [9.17, 15) is 14.9 Å². The molecule has 0 fully saturated rings. The van der Waals surface area contributed by atoms with E-state index in [1.54, 1.807) is 36.4 Å². The zero-order valence-electron chi connectivity index (χ0n) is 11.2. The van der Waals surface area contributed by atoms with Gasteiger partial charge in [0.1, 0.15) is 11.6 Å².